The van der Waals surface area contributed by atoms with Crippen LogP contribution in [0.1, 0.15) is 12.7 Å². The number of hydrogen-bond donors (Lipinski definition) is 1. The van der Waals surface area contributed by atoms with Gasteiger partial charge >= 0.3 is 0 Å². The minimum atomic E-state index is -3.85. The van der Waals surface area contributed by atoms with Crippen molar-refractivity contribution < 1.29 is 17.2 Å². The fraction of sp³-hybridized carbons (Fsp3) is 0.231. The number of rotatable bonds is 5. The number of nitrogens with zero attached hydrogens (tertiary/aromatic N) is 1. The average molecular weight is 377 g/mol. The second-order valence-electron chi connectivity index (χ2n) is 4.31. The molecule has 0 fully saturated rings. The highest BCUT2D eigenvalue weighted by atomic mass is 79.9. The zero-order chi connectivity index (χ0) is 15.6. The van der Waals surface area contributed by atoms with Gasteiger partial charge in [-0.1, -0.05) is 6.92 Å². The van der Waals surface area contributed by atoms with Crippen molar-refractivity contribution in [1.82, 2.24) is 4.31 Å². The molecule has 0 saturated heterocycles. The molecule has 2 rings (SSSR count). The third-order valence-electron chi connectivity index (χ3n) is 2.94. The predicted molar refractivity (Wildman–Crippen MR) is 80.5 cm³/mol. The summed E-state index contributed by atoms with van der Waals surface area (Å²) in [6.07, 6.45) is 1.47. The summed E-state index contributed by atoms with van der Waals surface area (Å²) in [5.41, 5.74) is 5.52. The van der Waals surface area contributed by atoms with E-state index >= 15 is 0 Å². The number of benzene rings is 1. The highest BCUT2D eigenvalue weighted by molar-refractivity contribution is 9.10. The second kappa shape index (κ2) is 6.17. The van der Waals surface area contributed by atoms with Gasteiger partial charge in [0.05, 0.1) is 23.0 Å². The van der Waals surface area contributed by atoms with Gasteiger partial charge in [-0.2, -0.15) is 4.31 Å². The summed E-state index contributed by atoms with van der Waals surface area (Å²) in [5, 5.41) is 0. The largest absolute Gasteiger partial charge is 0.468 e. The fourth-order valence-corrected chi connectivity index (χ4v) is 3.88. The van der Waals surface area contributed by atoms with Crippen molar-refractivity contribution in [1.29, 1.82) is 0 Å². The van der Waals surface area contributed by atoms with Gasteiger partial charge in [0, 0.05) is 6.54 Å². The first-order chi connectivity index (χ1) is 9.86. The number of nitrogen functional groups attached to an aromatic ring is 1. The van der Waals surface area contributed by atoms with Crippen LogP contribution in [0.3, 0.4) is 0 Å². The molecule has 0 spiro atoms. The molecule has 0 aliphatic carbocycles. The van der Waals surface area contributed by atoms with E-state index in [9.17, 15) is 12.8 Å². The Bertz CT molecular complexity index is 732. The Morgan fingerprint density at radius 1 is 1.43 bits per heavy atom. The van der Waals surface area contributed by atoms with Crippen LogP contribution in [0.2, 0.25) is 0 Å². The van der Waals surface area contributed by atoms with Crippen molar-refractivity contribution >= 4 is 31.6 Å². The summed E-state index contributed by atoms with van der Waals surface area (Å²) < 4.78 is 45.1. The van der Waals surface area contributed by atoms with E-state index in [1.807, 2.05) is 0 Å². The number of halogens is 2. The van der Waals surface area contributed by atoms with Crippen molar-refractivity contribution in [3.63, 3.8) is 0 Å². The van der Waals surface area contributed by atoms with E-state index in [1.165, 1.54) is 16.6 Å². The molecular weight excluding hydrogens is 363 g/mol. The molecule has 1 aromatic carbocycles. The highest BCUT2D eigenvalue weighted by Gasteiger charge is 2.27. The summed E-state index contributed by atoms with van der Waals surface area (Å²) in [4.78, 5) is -0.135. The maximum absolute atomic E-state index is 13.4. The molecule has 0 aliphatic rings. The molecule has 0 amide bonds. The molecule has 0 radical (unpaired) electrons. The van der Waals surface area contributed by atoms with E-state index in [1.54, 1.807) is 19.1 Å². The molecule has 0 atom stereocenters. The molecule has 8 heteroatoms. The number of nitrogens with two attached hydrogens (primary N) is 1. The summed E-state index contributed by atoms with van der Waals surface area (Å²) >= 11 is 2.97. The Labute approximate surface area is 130 Å². The Hall–Kier alpha value is -1.38. The van der Waals surface area contributed by atoms with E-state index < -0.39 is 15.8 Å². The lowest BCUT2D eigenvalue weighted by atomic mass is 10.3. The van der Waals surface area contributed by atoms with Crippen molar-refractivity contribution in [2.45, 2.75) is 18.4 Å². The van der Waals surface area contributed by atoms with E-state index in [0.29, 0.717) is 5.76 Å². The van der Waals surface area contributed by atoms with Gasteiger partial charge in [0.25, 0.3) is 0 Å². The maximum Gasteiger partial charge on any atom is 0.245 e. The summed E-state index contributed by atoms with van der Waals surface area (Å²) in [5.74, 6) is -0.0966. The van der Waals surface area contributed by atoms with E-state index in [0.717, 1.165) is 6.07 Å². The van der Waals surface area contributed by atoms with E-state index in [2.05, 4.69) is 15.9 Å². The van der Waals surface area contributed by atoms with Crippen LogP contribution < -0.4 is 5.73 Å². The van der Waals surface area contributed by atoms with Crippen LogP contribution in [0.4, 0.5) is 10.1 Å². The molecular formula is C13H14BrFN2O3S. The topological polar surface area (TPSA) is 76.5 Å². The third kappa shape index (κ3) is 3.28. The molecule has 0 bridgehead atoms. The molecule has 0 aliphatic heterocycles. The molecule has 2 N–H and O–H groups in total. The standard InChI is InChI=1S/C13H14BrFN2O3S/c1-2-17(8-9-4-3-5-20-9)21(18,19)13-6-10(14)11(15)7-12(13)16/h3-7H,2,8,16H2,1H3. The fourth-order valence-electron chi connectivity index (χ4n) is 1.85. The smallest absolute Gasteiger partial charge is 0.245 e. The molecule has 1 aromatic heterocycles. The lowest BCUT2D eigenvalue weighted by Crippen LogP contribution is -2.31. The van der Waals surface area contributed by atoms with E-state index in [-0.39, 0.29) is 28.1 Å². The van der Waals surface area contributed by atoms with Crippen molar-refractivity contribution in [2.24, 2.45) is 0 Å². The number of anilines is 1. The molecule has 0 saturated carbocycles. The Balaban J connectivity index is 2.42. The molecule has 21 heavy (non-hydrogen) atoms. The van der Waals surface area contributed by atoms with Gasteiger partial charge in [-0.15, -0.1) is 0 Å². The predicted octanol–water partition coefficient (Wildman–Crippen LogP) is 2.97. The zero-order valence-corrected chi connectivity index (χ0v) is 13.6. The summed E-state index contributed by atoms with van der Waals surface area (Å²) in [6, 6.07) is 5.52. The first kappa shape index (κ1) is 16.0. The van der Waals surface area contributed by atoms with Crippen LogP contribution in [0.5, 0.6) is 0 Å². The molecule has 1 heterocycles. The minimum absolute atomic E-state index is 0.0457. The second-order valence-corrected chi connectivity index (χ2v) is 7.08. The quantitative estimate of drug-likeness (QED) is 0.813. The van der Waals surface area contributed by atoms with Crippen molar-refractivity contribution in [3.8, 4) is 0 Å². The summed E-state index contributed by atoms with van der Waals surface area (Å²) in [7, 11) is -3.85. The Kier molecular flexibility index (Phi) is 4.70. The number of sulfonamides is 1. The average Bonchev–Trinajstić information content (AvgIpc) is 2.92. The molecule has 5 nitrogen and oxygen atoms in total. The van der Waals surface area contributed by atoms with Gasteiger partial charge < -0.3 is 10.2 Å². The minimum Gasteiger partial charge on any atom is -0.468 e. The zero-order valence-electron chi connectivity index (χ0n) is 11.2. The Morgan fingerprint density at radius 3 is 2.71 bits per heavy atom. The van der Waals surface area contributed by atoms with Gasteiger partial charge in [0.1, 0.15) is 16.5 Å². The molecule has 114 valence electrons. The normalized spacial score (nSPS) is 12.0. The SMILES string of the molecule is CCN(Cc1ccco1)S(=O)(=O)c1cc(Br)c(F)cc1N. The Morgan fingerprint density at radius 2 is 2.14 bits per heavy atom. The van der Waals surface area contributed by atoms with Gasteiger partial charge in [0.2, 0.25) is 10.0 Å². The van der Waals surface area contributed by atoms with Crippen LogP contribution in [0.25, 0.3) is 0 Å². The lowest BCUT2D eigenvalue weighted by molar-refractivity contribution is 0.375. The van der Waals surface area contributed by atoms with Crippen LogP contribution >= 0.6 is 15.9 Å². The van der Waals surface area contributed by atoms with E-state index in [4.69, 9.17) is 10.2 Å². The monoisotopic (exact) mass is 376 g/mol. The first-order valence-electron chi connectivity index (χ1n) is 6.13. The van der Waals surface area contributed by atoms with Crippen molar-refractivity contribution in [2.75, 3.05) is 12.3 Å². The van der Waals surface area contributed by atoms with Crippen molar-refractivity contribution in [3.05, 3.63) is 46.6 Å². The first-order valence-corrected chi connectivity index (χ1v) is 8.36. The lowest BCUT2D eigenvalue weighted by Gasteiger charge is -2.20. The van der Waals surface area contributed by atoms with Gasteiger partial charge in [-0.05, 0) is 40.2 Å². The number of hydrogen-bond acceptors (Lipinski definition) is 4. The summed E-state index contributed by atoms with van der Waals surface area (Å²) in [6.45, 7) is 2.02. The van der Waals surface area contributed by atoms with Crippen LogP contribution in [-0.2, 0) is 16.6 Å². The van der Waals surface area contributed by atoms with Crippen LogP contribution in [-0.4, -0.2) is 19.3 Å². The van der Waals surface area contributed by atoms with Gasteiger partial charge in [0.15, 0.2) is 0 Å². The third-order valence-corrected chi connectivity index (χ3v) is 5.52. The maximum atomic E-state index is 13.4. The van der Waals surface area contributed by atoms with Crippen LogP contribution in [0.15, 0.2) is 44.3 Å². The van der Waals surface area contributed by atoms with Gasteiger partial charge in [-0.25, -0.2) is 12.8 Å². The molecule has 2 aromatic rings. The molecule has 0 unspecified atom stereocenters. The van der Waals surface area contributed by atoms with Crippen LogP contribution in [0, 0.1) is 5.82 Å². The van der Waals surface area contributed by atoms with Gasteiger partial charge in [-0.3, -0.25) is 0 Å². The number of furan rings is 1. The highest BCUT2D eigenvalue weighted by Crippen LogP contribution is 2.29.